The van der Waals surface area contributed by atoms with Crippen molar-refractivity contribution < 1.29 is 18.8 Å². The molecule has 0 bridgehead atoms. The number of rotatable bonds is 8. The average Bonchev–Trinajstić information content (AvgIpc) is 2.75. The summed E-state index contributed by atoms with van der Waals surface area (Å²) in [6.07, 6.45) is 1.57. The highest BCUT2D eigenvalue weighted by Gasteiger charge is 2.08. The number of benzene rings is 3. The van der Waals surface area contributed by atoms with Gasteiger partial charge in [0, 0.05) is 12.1 Å². The largest absolute Gasteiger partial charge is 0.488 e. The van der Waals surface area contributed by atoms with E-state index < -0.39 is 4.92 Å². The van der Waals surface area contributed by atoms with Crippen molar-refractivity contribution in [2.24, 2.45) is 5.10 Å². The highest BCUT2D eigenvalue weighted by atomic mass is 79.9. The fourth-order valence-electron chi connectivity index (χ4n) is 2.64. The monoisotopic (exact) mass is 485 g/mol. The molecule has 3 aromatic rings. The Hall–Kier alpha value is -3.59. The number of hydrazone groups is 1. The number of hydrogen-bond donors (Lipinski definition) is 1. The molecule has 0 saturated heterocycles. The van der Waals surface area contributed by atoms with E-state index in [1.807, 2.05) is 0 Å². The maximum Gasteiger partial charge on any atom is 0.269 e. The molecule has 7 nitrogen and oxygen atoms in total. The van der Waals surface area contributed by atoms with E-state index in [1.165, 1.54) is 30.5 Å². The van der Waals surface area contributed by atoms with Gasteiger partial charge in [-0.15, -0.1) is 0 Å². The summed E-state index contributed by atoms with van der Waals surface area (Å²) in [7, 11) is 0. The maximum atomic E-state index is 12.9. The molecule has 0 aliphatic heterocycles. The van der Waals surface area contributed by atoms with Gasteiger partial charge in [-0.1, -0.05) is 24.3 Å². The number of carbonyl (C=O) groups is 1. The smallest absolute Gasteiger partial charge is 0.269 e. The number of hydrogen-bond acceptors (Lipinski definition) is 5. The van der Waals surface area contributed by atoms with Gasteiger partial charge < -0.3 is 4.74 Å². The molecule has 0 aliphatic rings. The van der Waals surface area contributed by atoms with E-state index in [9.17, 15) is 19.3 Å². The first-order valence-corrected chi connectivity index (χ1v) is 9.92. The SMILES string of the molecule is O=C(Cc1ccc(F)cc1)N/N=C/c1ccc(OCc2cccc([N+](=O)[O-])c2)c(Br)c1. The third kappa shape index (κ3) is 6.71. The molecule has 9 heteroatoms. The second-order valence-electron chi connectivity index (χ2n) is 6.50. The van der Waals surface area contributed by atoms with Gasteiger partial charge in [0.15, 0.2) is 0 Å². The lowest BCUT2D eigenvalue weighted by molar-refractivity contribution is -0.384. The Morgan fingerprint density at radius 3 is 2.61 bits per heavy atom. The molecule has 3 rings (SSSR count). The Kier molecular flexibility index (Phi) is 7.45. The summed E-state index contributed by atoms with van der Waals surface area (Å²) in [6, 6.07) is 17.2. The standard InChI is InChI=1S/C22H17BrFN3O4/c23-20-11-16(13-25-26-22(28)12-15-4-7-18(24)8-5-15)6-9-21(20)31-14-17-2-1-3-19(10-17)27(29)30/h1-11,13H,12,14H2,(H,26,28)/b25-13+. The molecule has 0 aromatic heterocycles. The quantitative estimate of drug-likeness (QED) is 0.282. The van der Waals surface area contributed by atoms with Crippen molar-refractivity contribution in [3.05, 3.63) is 104 Å². The first-order valence-electron chi connectivity index (χ1n) is 9.13. The molecule has 0 fully saturated rings. The van der Waals surface area contributed by atoms with E-state index in [2.05, 4.69) is 26.5 Å². The van der Waals surface area contributed by atoms with Crippen LogP contribution in [0.2, 0.25) is 0 Å². The second kappa shape index (κ2) is 10.4. The molecule has 0 unspecified atom stereocenters. The van der Waals surface area contributed by atoms with Gasteiger partial charge in [0.2, 0.25) is 5.91 Å². The third-order valence-electron chi connectivity index (χ3n) is 4.15. The second-order valence-corrected chi connectivity index (χ2v) is 7.36. The number of amides is 1. The molecule has 0 spiro atoms. The van der Waals surface area contributed by atoms with E-state index in [0.29, 0.717) is 21.3 Å². The van der Waals surface area contributed by atoms with Crippen molar-refractivity contribution in [2.45, 2.75) is 13.0 Å². The summed E-state index contributed by atoms with van der Waals surface area (Å²) < 4.78 is 19.3. The van der Waals surface area contributed by atoms with Gasteiger partial charge in [0.05, 0.1) is 22.0 Å². The first kappa shape index (κ1) is 22.1. The van der Waals surface area contributed by atoms with Crippen LogP contribution in [-0.2, 0) is 17.8 Å². The van der Waals surface area contributed by atoms with Gasteiger partial charge in [-0.2, -0.15) is 5.10 Å². The van der Waals surface area contributed by atoms with E-state index in [4.69, 9.17) is 4.74 Å². The highest BCUT2D eigenvalue weighted by Crippen LogP contribution is 2.26. The number of nitrogens with one attached hydrogen (secondary N) is 1. The molecule has 0 saturated carbocycles. The Bertz CT molecular complexity index is 1120. The van der Waals surface area contributed by atoms with Gasteiger partial charge in [-0.3, -0.25) is 14.9 Å². The van der Waals surface area contributed by atoms with Crippen LogP contribution in [0.25, 0.3) is 0 Å². The average molecular weight is 486 g/mol. The Labute approximate surface area is 185 Å². The minimum absolute atomic E-state index is 0.00759. The zero-order chi connectivity index (χ0) is 22.2. The van der Waals surface area contributed by atoms with Crippen LogP contribution in [0.5, 0.6) is 5.75 Å². The Morgan fingerprint density at radius 2 is 1.90 bits per heavy atom. The van der Waals surface area contributed by atoms with Crippen LogP contribution >= 0.6 is 15.9 Å². The molecule has 0 heterocycles. The molecule has 1 N–H and O–H groups in total. The zero-order valence-corrected chi connectivity index (χ0v) is 17.7. The topological polar surface area (TPSA) is 93.8 Å². The number of nitro groups is 1. The fourth-order valence-corrected chi connectivity index (χ4v) is 3.15. The molecule has 3 aromatic carbocycles. The van der Waals surface area contributed by atoms with Crippen LogP contribution < -0.4 is 10.2 Å². The summed E-state index contributed by atoms with van der Waals surface area (Å²) in [5.74, 6) is -0.118. The molecule has 31 heavy (non-hydrogen) atoms. The molecule has 0 radical (unpaired) electrons. The number of ether oxygens (including phenoxy) is 1. The van der Waals surface area contributed by atoms with Crippen molar-refractivity contribution >= 4 is 33.7 Å². The van der Waals surface area contributed by atoms with Crippen molar-refractivity contribution in [1.82, 2.24) is 5.43 Å². The molecular weight excluding hydrogens is 469 g/mol. The first-order chi connectivity index (χ1) is 14.9. The van der Waals surface area contributed by atoms with Gasteiger partial charge in [0.25, 0.3) is 5.69 Å². The number of halogens is 2. The number of carbonyl (C=O) groups excluding carboxylic acids is 1. The van der Waals surface area contributed by atoms with E-state index >= 15 is 0 Å². The van der Waals surface area contributed by atoms with Gasteiger partial charge in [-0.05, 0) is 63.0 Å². The summed E-state index contributed by atoms with van der Waals surface area (Å²) in [5, 5.41) is 14.8. The summed E-state index contributed by atoms with van der Waals surface area (Å²) in [4.78, 5) is 22.3. The summed E-state index contributed by atoms with van der Waals surface area (Å²) in [6.45, 7) is 0.174. The normalized spacial score (nSPS) is 10.8. The van der Waals surface area contributed by atoms with Crippen molar-refractivity contribution in [2.75, 3.05) is 0 Å². The predicted molar refractivity (Wildman–Crippen MR) is 117 cm³/mol. The Morgan fingerprint density at radius 1 is 1.13 bits per heavy atom. The molecule has 1 amide bonds. The van der Waals surface area contributed by atoms with Crippen LogP contribution in [0.15, 0.2) is 76.3 Å². The number of non-ortho nitro benzene ring substituents is 1. The predicted octanol–water partition coefficient (Wildman–Crippen LogP) is 4.77. The maximum absolute atomic E-state index is 12.9. The minimum atomic E-state index is -0.452. The van der Waals surface area contributed by atoms with Crippen molar-refractivity contribution in [1.29, 1.82) is 0 Å². The lowest BCUT2D eigenvalue weighted by atomic mass is 10.1. The molecular formula is C22H17BrFN3O4. The lowest BCUT2D eigenvalue weighted by Gasteiger charge is -2.09. The van der Waals surface area contributed by atoms with E-state index in [-0.39, 0.29) is 30.4 Å². The summed E-state index contributed by atoms with van der Waals surface area (Å²) in [5.41, 5.74) is 4.51. The molecule has 0 aliphatic carbocycles. The summed E-state index contributed by atoms with van der Waals surface area (Å²) >= 11 is 3.42. The van der Waals surface area contributed by atoms with Crippen LogP contribution in [-0.4, -0.2) is 17.0 Å². The highest BCUT2D eigenvalue weighted by molar-refractivity contribution is 9.10. The van der Waals surface area contributed by atoms with Crippen LogP contribution in [0.1, 0.15) is 16.7 Å². The van der Waals surface area contributed by atoms with Crippen LogP contribution in [0, 0.1) is 15.9 Å². The van der Waals surface area contributed by atoms with Crippen molar-refractivity contribution in [3.8, 4) is 5.75 Å². The third-order valence-corrected chi connectivity index (χ3v) is 4.77. The molecule has 158 valence electrons. The van der Waals surface area contributed by atoms with E-state index in [0.717, 1.165) is 5.56 Å². The van der Waals surface area contributed by atoms with Crippen molar-refractivity contribution in [3.63, 3.8) is 0 Å². The number of nitrogens with zero attached hydrogens (tertiary/aromatic N) is 2. The number of nitro benzene ring substituents is 1. The van der Waals surface area contributed by atoms with Crippen LogP contribution in [0.4, 0.5) is 10.1 Å². The zero-order valence-electron chi connectivity index (χ0n) is 16.1. The van der Waals surface area contributed by atoms with Gasteiger partial charge in [0.1, 0.15) is 18.2 Å². The van der Waals surface area contributed by atoms with Crippen LogP contribution in [0.3, 0.4) is 0 Å². The fraction of sp³-hybridized carbons (Fsp3) is 0.0909. The lowest BCUT2D eigenvalue weighted by Crippen LogP contribution is -2.19. The molecule has 0 atom stereocenters. The Balaban J connectivity index is 1.53. The van der Waals surface area contributed by atoms with E-state index in [1.54, 1.807) is 42.5 Å². The minimum Gasteiger partial charge on any atom is -0.488 e. The van der Waals surface area contributed by atoms with Gasteiger partial charge in [-0.25, -0.2) is 9.82 Å². The van der Waals surface area contributed by atoms with Gasteiger partial charge >= 0.3 is 0 Å².